The molecule has 8 heteroatoms. The Morgan fingerprint density at radius 3 is 1.55 bits per heavy atom. The SMILES string of the molecule is CC1CCN(c2cc3nc4c5ccc(N6CCN(C)CC6)cc5c5cc(N6CCN(C)CC6)ccc5c4nc3cc2F)CC1. The average molecular weight is 592 g/mol. The third-order valence-electron chi connectivity index (χ3n) is 10.4. The summed E-state index contributed by atoms with van der Waals surface area (Å²) in [7, 11) is 4.39. The first-order valence-electron chi connectivity index (χ1n) is 16.3. The molecule has 0 saturated carbocycles. The van der Waals surface area contributed by atoms with E-state index in [1.807, 2.05) is 6.07 Å². The summed E-state index contributed by atoms with van der Waals surface area (Å²) >= 11 is 0. The molecule has 1 aromatic heterocycles. The lowest BCUT2D eigenvalue weighted by Crippen LogP contribution is -2.44. The number of anilines is 3. The molecule has 0 aliphatic carbocycles. The lowest BCUT2D eigenvalue weighted by molar-refractivity contribution is 0.313. The maximum absolute atomic E-state index is 15.6. The molecule has 3 aliphatic heterocycles. The van der Waals surface area contributed by atoms with Crippen LogP contribution in [0.2, 0.25) is 0 Å². The van der Waals surface area contributed by atoms with E-state index in [0.717, 1.165) is 106 Å². The number of hydrogen-bond acceptors (Lipinski definition) is 7. The molecule has 8 rings (SSSR count). The molecule has 4 aromatic carbocycles. The van der Waals surface area contributed by atoms with Crippen LogP contribution in [-0.4, -0.2) is 99.3 Å². The standard InChI is InChI=1S/C36H42FN7/c1-24-8-10-44(11-9-24)34-23-33-32(22-31(34)37)38-35-27-6-4-25(42-16-12-40(2)13-17-42)20-29(27)30-21-26(5-7-28(30)36(35)39-33)43-18-14-41(3)15-19-43/h4-7,20-24H,8-19H2,1-3H3. The molecule has 44 heavy (non-hydrogen) atoms. The molecule has 3 saturated heterocycles. The largest absolute Gasteiger partial charge is 0.369 e. The third kappa shape index (κ3) is 4.88. The summed E-state index contributed by atoms with van der Waals surface area (Å²) in [6.07, 6.45) is 2.17. The fourth-order valence-corrected chi connectivity index (χ4v) is 7.38. The van der Waals surface area contributed by atoms with Crippen LogP contribution in [0.5, 0.6) is 0 Å². The number of piperidine rings is 1. The minimum atomic E-state index is -0.208. The molecule has 0 atom stereocenters. The summed E-state index contributed by atoms with van der Waals surface area (Å²) in [5.41, 5.74) is 6.26. The molecular formula is C36H42FN7. The van der Waals surface area contributed by atoms with Crippen molar-refractivity contribution in [2.24, 2.45) is 5.92 Å². The number of benzene rings is 4. The van der Waals surface area contributed by atoms with E-state index < -0.39 is 0 Å². The molecule has 4 heterocycles. The first-order chi connectivity index (χ1) is 21.4. The number of aromatic nitrogens is 2. The van der Waals surface area contributed by atoms with Crippen molar-refractivity contribution in [1.82, 2.24) is 19.8 Å². The van der Waals surface area contributed by atoms with Crippen LogP contribution in [0.1, 0.15) is 19.8 Å². The Labute approximate surface area is 258 Å². The highest BCUT2D eigenvalue weighted by molar-refractivity contribution is 6.24. The van der Waals surface area contributed by atoms with Crippen molar-refractivity contribution in [3.8, 4) is 0 Å². The maximum atomic E-state index is 15.6. The molecule has 7 nitrogen and oxygen atoms in total. The Morgan fingerprint density at radius 1 is 0.568 bits per heavy atom. The normalized spacial score (nSPS) is 19.7. The van der Waals surface area contributed by atoms with Gasteiger partial charge in [0.25, 0.3) is 0 Å². The smallest absolute Gasteiger partial charge is 0.148 e. The van der Waals surface area contributed by atoms with Crippen LogP contribution in [0.3, 0.4) is 0 Å². The number of piperazine rings is 2. The summed E-state index contributed by atoms with van der Waals surface area (Å²) in [6.45, 7) is 12.4. The molecule has 0 spiro atoms. The number of rotatable bonds is 3. The fraction of sp³-hybridized carbons (Fsp3) is 0.444. The van der Waals surface area contributed by atoms with Crippen molar-refractivity contribution in [1.29, 1.82) is 0 Å². The zero-order chi connectivity index (χ0) is 29.9. The van der Waals surface area contributed by atoms with Gasteiger partial charge in [-0.15, -0.1) is 0 Å². The molecular weight excluding hydrogens is 549 g/mol. The highest BCUT2D eigenvalue weighted by atomic mass is 19.1. The predicted molar refractivity (Wildman–Crippen MR) is 182 cm³/mol. The highest BCUT2D eigenvalue weighted by Crippen LogP contribution is 2.39. The van der Waals surface area contributed by atoms with Gasteiger partial charge in [0.2, 0.25) is 0 Å². The Bertz CT molecular complexity index is 1870. The first-order valence-corrected chi connectivity index (χ1v) is 16.3. The van der Waals surface area contributed by atoms with Gasteiger partial charge in [-0.05, 0) is 74.0 Å². The van der Waals surface area contributed by atoms with Gasteiger partial charge >= 0.3 is 0 Å². The summed E-state index contributed by atoms with van der Waals surface area (Å²) in [6, 6.07) is 17.2. The first kappa shape index (κ1) is 27.8. The molecule has 0 N–H and O–H groups in total. The van der Waals surface area contributed by atoms with Gasteiger partial charge in [-0.1, -0.05) is 19.1 Å². The van der Waals surface area contributed by atoms with Gasteiger partial charge in [-0.3, -0.25) is 0 Å². The summed E-state index contributed by atoms with van der Waals surface area (Å²) in [5.74, 6) is 0.477. The van der Waals surface area contributed by atoms with Crippen LogP contribution in [0.4, 0.5) is 21.5 Å². The Morgan fingerprint density at radius 2 is 1.05 bits per heavy atom. The molecule has 5 aromatic rings. The molecule has 0 bridgehead atoms. The molecule has 228 valence electrons. The van der Waals surface area contributed by atoms with Gasteiger partial charge in [0, 0.05) is 93.7 Å². The van der Waals surface area contributed by atoms with Gasteiger partial charge < -0.3 is 24.5 Å². The fourth-order valence-electron chi connectivity index (χ4n) is 7.38. The van der Waals surface area contributed by atoms with E-state index in [9.17, 15) is 0 Å². The number of halogens is 1. The van der Waals surface area contributed by atoms with E-state index in [4.69, 9.17) is 9.97 Å². The zero-order valence-corrected chi connectivity index (χ0v) is 26.2. The molecule has 0 radical (unpaired) electrons. The number of likely N-dealkylation sites (N-methyl/N-ethyl adjacent to an activating group) is 2. The van der Waals surface area contributed by atoms with E-state index in [-0.39, 0.29) is 5.82 Å². The van der Waals surface area contributed by atoms with Crippen molar-refractivity contribution in [3.05, 3.63) is 54.3 Å². The molecule has 0 amide bonds. The second kappa shape index (κ2) is 11.0. The van der Waals surface area contributed by atoms with E-state index in [2.05, 4.69) is 81.9 Å². The maximum Gasteiger partial charge on any atom is 0.148 e. The third-order valence-corrected chi connectivity index (χ3v) is 10.4. The van der Waals surface area contributed by atoms with E-state index in [1.165, 1.54) is 22.1 Å². The van der Waals surface area contributed by atoms with Crippen LogP contribution in [0.15, 0.2) is 48.5 Å². The number of hydrogen-bond donors (Lipinski definition) is 0. The average Bonchev–Trinajstić information content (AvgIpc) is 3.04. The van der Waals surface area contributed by atoms with Crippen molar-refractivity contribution < 1.29 is 4.39 Å². The van der Waals surface area contributed by atoms with Crippen LogP contribution >= 0.6 is 0 Å². The van der Waals surface area contributed by atoms with Crippen molar-refractivity contribution in [3.63, 3.8) is 0 Å². The molecule has 3 aliphatic rings. The van der Waals surface area contributed by atoms with Gasteiger partial charge in [0.1, 0.15) is 5.82 Å². The second-order valence-electron chi connectivity index (χ2n) is 13.4. The minimum Gasteiger partial charge on any atom is -0.369 e. The van der Waals surface area contributed by atoms with Crippen LogP contribution in [-0.2, 0) is 0 Å². The second-order valence-corrected chi connectivity index (χ2v) is 13.4. The van der Waals surface area contributed by atoms with E-state index >= 15 is 4.39 Å². The highest BCUT2D eigenvalue weighted by Gasteiger charge is 2.22. The molecule has 3 fully saturated rings. The number of nitrogens with zero attached hydrogens (tertiary/aromatic N) is 7. The Balaban J connectivity index is 1.32. The summed E-state index contributed by atoms with van der Waals surface area (Å²) in [4.78, 5) is 22.3. The van der Waals surface area contributed by atoms with Gasteiger partial charge in [-0.25, -0.2) is 14.4 Å². The lowest BCUT2D eigenvalue weighted by Gasteiger charge is -2.34. The summed E-state index contributed by atoms with van der Waals surface area (Å²) < 4.78 is 15.6. The minimum absolute atomic E-state index is 0.208. The van der Waals surface area contributed by atoms with Crippen LogP contribution in [0, 0.1) is 11.7 Å². The zero-order valence-electron chi connectivity index (χ0n) is 26.2. The van der Waals surface area contributed by atoms with E-state index in [0.29, 0.717) is 17.1 Å². The van der Waals surface area contributed by atoms with Crippen molar-refractivity contribution in [2.75, 3.05) is 94.2 Å². The van der Waals surface area contributed by atoms with E-state index in [1.54, 1.807) is 6.07 Å². The quantitative estimate of drug-likeness (QED) is 0.189. The van der Waals surface area contributed by atoms with Gasteiger partial charge in [-0.2, -0.15) is 0 Å². The topological polar surface area (TPSA) is 42.0 Å². The Kier molecular flexibility index (Phi) is 6.94. The Hall–Kier alpha value is -3.75. The van der Waals surface area contributed by atoms with Crippen LogP contribution in [0.25, 0.3) is 43.6 Å². The number of fused-ring (bicyclic) bond motifs is 7. The summed E-state index contributed by atoms with van der Waals surface area (Å²) in [5, 5.41) is 4.58. The van der Waals surface area contributed by atoms with Crippen LogP contribution < -0.4 is 14.7 Å². The predicted octanol–water partition coefficient (Wildman–Crippen LogP) is 5.97. The lowest BCUT2D eigenvalue weighted by atomic mass is 9.97. The van der Waals surface area contributed by atoms with Gasteiger partial charge in [0.15, 0.2) is 0 Å². The molecule has 0 unspecified atom stereocenters. The monoisotopic (exact) mass is 591 g/mol. The van der Waals surface area contributed by atoms with Crippen molar-refractivity contribution >= 4 is 60.7 Å². The van der Waals surface area contributed by atoms with Gasteiger partial charge in [0.05, 0.1) is 27.8 Å². The van der Waals surface area contributed by atoms with Crippen molar-refractivity contribution in [2.45, 2.75) is 19.8 Å².